The Kier molecular flexibility index (Phi) is 3.11. The Balaban J connectivity index is 1.64. The van der Waals surface area contributed by atoms with Crippen LogP contribution in [0.4, 0.5) is 5.69 Å². The van der Waals surface area contributed by atoms with E-state index in [0.29, 0.717) is 18.3 Å². The number of benzene rings is 1. The number of rotatable bonds is 4. The summed E-state index contributed by atoms with van der Waals surface area (Å²) in [5, 5.41) is 3.09. The highest BCUT2D eigenvalue weighted by atomic mass is 32.1. The molecular formula is C19H21N3OS. The fourth-order valence-electron chi connectivity index (χ4n) is 4.01. The minimum absolute atomic E-state index is 0.0266. The number of amides is 1. The van der Waals surface area contributed by atoms with E-state index in [4.69, 9.17) is 17.2 Å². The third-order valence-corrected chi connectivity index (χ3v) is 6.08. The normalized spacial score (nSPS) is 30.3. The summed E-state index contributed by atoms with van der Waals surface area (Å²) in [5.74, 6) is 1.40. The van der Waals surface area contributed by atoms with Gasteiger partial charge in [-0.3, -0.25) is 9.79 Å². The molecule has 124 valence electrons. The van der Waals surface area contributed by atoms with Crippen LogP contribution >= 0.6 is 12.2 Å². The molecule has 1 spiro atoms. The predicted molar refractivity (Wildman–Crippen MR) is 98.4 cm³/mol. The Morgan fingerprint density at radius 1 is 1.21 bits per heavy atom. The molecule has 4 aliphatic rings. The van der Waals surface area contributed by atoms with Crippen molar-refractivity contribution in [3.8, 4) is 0 Å². The van der Waals surface area contributed by atoms with Crippen LogP contribution in [-0.2, 0) is 10.3 Å². The van der Waals surface area contributed by atoms with Crippen LogP contribution < -0.4 is 5.32 Å². The van der Waals surface area contributed by atoms with Crippen molar-refractivity contribution < 1.29 is 4.79 Å². The quantitative estimate of drug-likeness (QED) is 0.857. The van der Waals surface area contributed by atoms with Gasteiger partial charge in [0.25, 0.3) is 5.91 Å². The van der Waals surface area contributed by atoms with Crippen LogP contribution in [0.2, 0.25) is 0 Å². The predicted octanol–water partition coefficient (Wildman–Crippen LogP) is 3.13. The number of para-hydroxylation sites is 1. The van der Waals surface area contributed by atoms with E-state index in [-0.39, 0.29) is 5.91 Å². The molecule has 5 heteroatoms. The Labute approximate surface area is 147 Å². The molecular weight excluding hydrogens is 318 g/mol. The summed E-state index contributed by atoms with van der Waals surface area (Å²) in [7, 11) is 0. The fraction of sp³-hybridized carbons (Fsp3) is 0.526. The molecule has 0 radical (unpaired) electrons. The molecule has 1 amide bonds. The summed E-state index contributed by atoms with van der Waals surface area (Å²) in [6, 6.07) is 8.03. The molecule has 0 bridgehead atoms. The first kappa shape index (κ1) is 14.6. The largest absolute Gasteiger partial charge is 0.343 e. The van der Waals surface area contributed by atoms with Crippen molar-refractivity contribution >= 4 is 34.5 Å². The van der Waals surface area contributed by atoms with E-state index in [2.05, 4.69) is 16.3 Å². The van der Waals surface area contributed by atoms with E-state index in [0.717, 1.165) is 35.0 Å². The van der Waals surface area contributed by atoms with Gasteiger partial charge in [-0.15, -0.1) is 0 Å². The molecule has 2 saturated carbocycles. The second-order valence-corrected chi connectivity index (χ2v) is 8.04. The SMILES string of the molecule is O=C1Nc2ccccc2C12C(=NCC1CC1)CC(=S)N2CC1CC1. The van der Waals surface area contributed by atoms with Crippen LogP contribution in [0.3, 0.4) is 0 Å². The third kappa shape index (κ3) is 2.07. The van der Waals surface area contributed by atoms with E-state index in [1.165, 1.54) is 25.7 Å². The number of likely N-dealkylation sites (tertiary alicyclic amines) is 1. The van der Waals surface area contributed by atoms with E-state index in [1.54, 1.807) is 0 Å². The van der Waals surface area contributed by atoms with Gasteiger partial charge in [0, 0.05) is 30.8 Å². The molecule has 1 unspecified atom stereocenters. The number of nitrogens with zero attached hydrogens (tertiary/aromatic N) is 2. The van der Waals surface area contributed by atoms with Crippen LogP contribution in [0.25, 0.3) is 0 Å². The molecule has 24 heavy (non-hydrogen) atoms. The van der Waals surface area contributed by atoms with Gasteiger partial charge in [-0.25, -0.2) is 0 Å². The standard InChI is InChI=1S/C19H21N3OS/c23-18-19(14-3-1-2-4-15(14)21-18)16(20-10-12-5-6-12)9-17(24)22(19)11-13-7-8-13/h1-4,12-13H,5-11H2,(H,21,23). The van der Waals surface area contributed by atoms with Gasteiger partial charge >= 0.3 is 0 Å². The summed E-state index contributed by atoms with van der Waals surface area (Å²) >= 11 is 5.72. The van der Waals surface area contributed by atoms with Crippen molar-refractivity contribution in [1.82, 2.24) is 4.90 Å². The van der Waals surface area contributed by atoms with Gasteiger partial charge in [0.1, 0.15) is 0 Å². The monoisotopic (exact) mass is 339 g/mol. The van der Waals surface area contributed by atoms with Crippen LogP contribution in [0, 0.1) is 11.8 Å². The average molecular weight is 339 g/mol. The fourth-order valence-corrected chi connectivity index (χ4v) is 4.36. The maximum atomic E-state index is 13.2. The van der Waals surface area contributed by atoms with Crippen LogP contribution in [0.1, 0.15) is 37.7 Å². The summed E-state index contributed by atoms with van der Waals surface area (Å²) in [6.07, 6.45) is 5.67. The molecule has 3 fully saturated rings. The smallest absolute Gasteiger partial charge is 0.261 e. The van der Waals surface area contributed by atoms with Gasteiger partial charge in [0.05, 0.1) is 10.7 Å². The lowest BCUT2D eigenvalue weighted by Crippen LogP contribution is -2.52. The number of nitrogens with one attached hydrogen (secondary N) is 1. The number of carbonyl (C=O) groups is 1. The Hall–Kier alpha value is -1.75. The lowest BCUT2D eigenvalue weighted by Gasteiger charge is -2.35. The molecule has 1 aromatic rings. The van der Waals surface area contributed by atoms with Gasteiger partial charge < -0.3 is 10.2 Å². The molecule has 4 nitrogen and oxygen atoms in total. The second kappa shape index (κ2) is 5.12. The Bertz CT molecular complexity index is 766. The molecule has 1 atom stereocenters. The summed E-state index contributed by atoms with van der Waals surface area (Å²) < 4.78 is 0. The zero-order valence-electron chi connectivity index (χ0n) is 13.6. The molecule has 1 aromatic carbocycles. The third-order valence-electron chi connectivity index (χ3n) is 5.71. The summed E-state index contributed by atoms with van der Waals surface area (Å²) in [5.41, 5.74) is 2.12. The van der Waals surface area contributed by atoms with Crippen molar-refractivity contribution in [1.29, 1.82) is 0 Å². The van der Waals surface area contributed by atoms with Gasteiger partial charge in [-0.2, -0.15) is 0 Å². The molecule has 1 N–H and O–H groups in total. The van der Waals surface area contributed by atoms with E-state index < -0.39 is 5.54 Å². The van der Waals surface area contributed by atoms with Gasteiger partial charge in [0.15, 0.2) is 5.54 Å². The lowest BCUT2D eigenvalue weighted by molar-refractivity contribution is -0.121. The van der Waals surface area contributed by atoms with Gasteiger partial charge in [0.2, 0.25) is 0 Å². The van der Waals surface area contributed by atoms with Crippen molar-refractivity contribution in [2.75, 3.05) is 18.4 Å². The number of carbonyl (C=O) groups excluding carboxylic acids is 1. The van der Waals surface area contributed by atoms with Crippen molar-refractivity contribution in [3.05, 3.63) is 29.8 Å². The molecule has 5 rings (SSSR count). The van der Waals surface area contributed by atoms with E-state index >= 15 is 0 Å². The maximum absolute atomic E-state index is 13.2. The summed E-state index contributed by atoms with van der Waals surface area (Å²) in [6.45, 7) is 1.72. The molecule has 0 aromatic heterocycles. The molecule has 2 aliphatic carbocycles. The number of aliphatic imine (C=N–C) groups is 1. The minimum Gasteiger partial charge on any atom is -0.343 e. The minimum atomic E-state index is -0.787. The zero-order valence-corrected chi connectivity index (χ0v) is 14.4. The topological polar surface area (TPSA) is 44.7 Å². The highest BCUT2D eigenvalue weighted by molar-refractivity contribution is 7.80. The van der Waals surface area contributed by atoms with Crippen molar-refractivity contribution in [3.63, 3.8) is 0 Å². The summed E-state index contributed by atoms with van der Waals surface area (Å²) in [4.78, 5) is 21.2. The highest BCUT2D eigenvalue weighted by Crippen LogP contribution is 2.48. The van der Waals surface area contributed by atoms with Crippen LogP contribution in [-0.4, -0.2) is 34.6 Å². The lowest BCUT2D eigenvalue weighted by atomic mass is 9.86. The zero-order chi connectivity index (χ0) is 16.3. The number of fused-ring (bicyclic) bond motifs is 2. The van der Waals surface area contributed by atoms with Gasteiger partial charge in [-0.05, 0) is 43.6 Å². The van der Waals surface area contributed by atoms with Gasteiger partial charge in [-0.1, -0.05) is 30.4 Å². The second-order valence-electron chi connectivity index (χ2n) is 7.57. The molecule has 1 saturated heterocycles. The number of hydrogen-bond donors (Lipinski definition) is 1. The van der Waals surface area contributed by atoms with Crippen LogP contribution in [0.5, 0.6) is 0 Å². The number of anilines is 1. The number of thiocarbonyl (C=S) groups is 1. The van der Waals surface area contributed by atoms with Crippen molar-refractivity contribution in [2.45, 2.75) is 37.6 Å². The Morgan fingerprint density at radius 3 is 2.71 bits per heavy atom. The first-order valence-corrected chi connectivity index (χ1v) is 9.35. The first-order chi connectivity index (χ1) is 11.7. The first-order valence-electron chi connectivity index (χ1n) is 8.95. The molecule has 2 aliphatic heterocycles. The van der Waals surface area contributed by atoms with E-state index in [1.807, 2.05) is 18.2 Å². The number of hydrogen-bond acceptors (Lipinski definition) is 3. The van der Waals surface area contributed by atoms with Crippen molar-refractivity contribution in [2.24, 2.45) is 16.8 Å². The highest BCUT2D eigenvalue weighted by Gasteiger charge is 2.60. The van der Waals surface area contributed by atoms with Crippen LogP contribution in [0.15, 0.2) is 29.3 Å². The maximum Gasteiger partial charge on any atom is 0.261 e. The molecule has 2 heterocycles. The average Bonchev–Trinajstić information content (AvgIpc) is 3.48. The Morgan fingerprint density at radius 2 is 1.96 bits per heavy atom. The van der Waals surface area contributed by atoms with E-state index in [9.17, 15) is 4.79 Å².